The average Bonchev–Trinajstić information content (AvgIpc) is 3.16. The molecule has 0 spiro atoms. The molecule has 1 amide bonds. The van der Waals surface area contributed by atoms with E-state index >= 15 is 0 Å². The smallest absolute Gasteiger partial charge is 0.226 e. The summed E-state index contributed by atoms with van der Waals surface area (Å²) in [5.41, 5.74) is 2.44. The molecular formula is C20H27NO3. The molecule has 1 saturated heterocycles. The van der Waals surface area contributed by atoms with Gasteiger partial charge in [-0.05, 0) is 49.8 Å². The van der Waals surface area contributed by atoms with E-state index in [0.717, 1.165) is 51.0 Å². The number of hydrogen-bond acceptors (Lipinski definition) is 3. The molecule has 24 heavy (non-hydrogen) atoms. The van der Waals surface area contributed by atoms with E-state index in [1.165, 1.54) is 11.1 Å². The van der Waals surface area contributed by atoms with Gasteiger partial charge in [-0.2, -0.15) is 0 Å². The van der Waals surface area contributed by atoms with E-state index in [2.05, 4.69) is 25.1 Å². The van der Waals surface area contributed by atoms with Gasteiger partial charge in [0.25, 0.3) is 0 Å². The summed E-state index contributed by atoms with van der Waals surface area (Å²) in [5, 5.41) is 0. The zero-order valence-electron chi connectivity index (χ0n) is 14.7. The fraction of sp³-hybridized carbons (Fsp3) is 0.600. The lowest BCUT2D eigenvalue weighted by atomic mass is 9.98. The van der Waals surface area contributed by atoms with Crippen LogP contribution in [-0.2, 0) is 16.0 Å². The molecule has 2 heterocycles. The Kier molecular flexibility index (Phi) is 5.22. The number of carbonyl (C=O) groups is 2. The molecule has 0 aromatic heterocycles. The third-order valence-electron chi connectivity index (χ3n) is 5.30. The van der Waals surface area contributed by atoms with Gasteiger partial charge in [0.05, 0.1) is 12.6 Å². The third kappa shape index (κ3) is 3.47. The van der Waals surface area contributed by atoms with Gasteiger partial charge in [-0.3, -0.25) is 4.79 Å². The lowest BCUT2D eigenvalue weighted by molar-refractivity contribution is -0.133. The predicted octanol–water partition coefficient (Wildman–Crippen LogP) is 3.68. The first-order valence-electron chi connectivity index (χ1n) is 9.15. The number of rotatable bonds is 7. The van der Waals surface area contributed by atoms with Gasteiger partial charge in [-0.1, -0.05) is 19.1 Å². The fourth-order valence-electron chi connectivity index (χ4n) is 3.96. The number of carbonyl (C=O) groups excluding carboxylic acids is 2. The van der Waals surface area contributed by atoms with Crippen LogP contribution in [0.1, 0.15) is 63.1 Å². The number of benzene rings is 1. The van der Waals surface area contributed by atoms with Crippen molar-refractivity contribution in [1.82, 2.24) is 4.90 Å². The SMILES string of the molecule is CCC(c1ccc2c(c1)OCC2)N1CCC(CCCC(C)=O)C1=O. The van der Waals surface area contributed by atoms with E-state index in [4.69, 9.17) is 4.74 Å². The highest BCUT2D eigenvalue weighted by Gasteiger charge is 2.35. The number of fused-ring (bicyclic) bond motifs is 1. The number of nitrogens with zero attached hydrogens (tertiary/aromatic N) is 1. The Morgan fingerprint density at radius 1 is 1.42 bits per heavy atom. The molecule has 3 rings (SSSR count). The molecule has 130 valence electrons. The van der Waals surface area contributed by atoms with Gasteiger partial charge in [0, 0.05) is 25.3 Å². The van der Waals surface area contributed by atoms with Crippen LogP contribution in [-0.4, -0.2) is 29.7 Å². The highest BCUT2D eigenvalue weighted by Crippen LogP contribution is 2.36. The van der Waals surface area contributed by atoms with E-state index in [1.54, 1.807) is 6.92 Å². The first kappa shape index (κ1) is 17.0. The molecule has 1 fully saturated rings. The summed E-state index contributed by atoms with van der Waals surface area (Å²) in [6, 6.07) is 6.54. The zero-order chi connectivity index (χ0) is 17.1. The molecule has 0 radical (unpaired) electrons. The maximum atomic E-state index is 12.8. The first-order valence-corrected chi connectivity index (χ1v) is 9.15. The van der Waals surface area contributed by atoms with E-state index in [0.29, 0.717) is 6.42 Å². The molecule has 2 aliphatic heterocycles. The number of ketones is 1. The minimum absolute atomic E-state index is 0.0871. The maximum absolute atomic E-state index is 12.8. The van der Waals surface area contributed by atoms with Crippen molar-refractivity contribution in [1.29, 1.82) is 0 Å². The normalized spacial score (nSPS) is 20.8. The summed E-state index contributed by atoms with van der Waals surface area (Å²) in [7, 11) is 0. The molecule has 2 aliphatic rings. The van der Waals surface area contributed by atoms with Crippen molar-refractivity contribution in [3.05, 3.63) is 29.3 Å². The summed E-state index contributed by atoms with van der Waals surface area (Å²) in [6.45, 7) is 5.33. The van der Waals surface area contributed by atoms with E-state index < -0.39 is 0 Å². The maximum Gasteiger partial charge on any atom is 0.226 e. The molecule has 0 bridgehead atoms. The Hall–Kier alpha value is -1.84. The predicted molar refractivity (Wildman–Crippen MR) is 93.0 cm³/mol. The monoisotopic (exact) mass is 329 g/mol. The van der Waals surface area contributed by atoms with Crippen LogP contribution in [0.3, 0.4) is 0 Å². The highest BCUT2D eigenvalue weighted by molar-refractivity contribution is 5.81. The van der Waals surface area contributed by atoms with Gasteiger partial charge in [0.1, 0.15) is 11.5 Å². The summed E-state index contributed by atoms with van der Waals surface area (Å²) < 4.78 is 5.68. The Morgan fingerprint density at radius 3 is 3.00 bits per heavy atom. The van der Waals surface area contributed by atoms with Crippen molar-refractivity contribution in [2.75, 3.05) is 13.2 Å². The van der Waals surface area contributed by atoms with Crippen molar-refractivity contribution in [3.8, 4) is 5.75 Å². The summed E-state index contributed by atoms with van der Waals surface area (Å²) in [5.74, 6) is 1.54. The van der Waals surface area contributed by atoms with Crippen LogP contribution in [0.25, 0.3) is 0 Å². The van der Waals surface area contributed by atoms with E-state index in [-0.39, 0.29) is 23.7 Å². The van der Waals surface area contributed by atoms with Crippen LogP contribution >= 0.6 is 0 Å². The van der Waals surface area contributed by atoms with Crippen LogP contribution in [0.15, 0.2) is 18.2 Å². The Morgan fingerprint density at radius 2 is 2.25 bits per heavy atom. The Labute approximate surface area is 144 Å². The van der Waals surface area contributed by atoms with Gasteiger partial charge >= 0.3 is 0 Å². The van der Waals surface area contributed by atoms with Crippen molar-refractivity contribution < 1.29 is 14.3 Å². The van der Waals surface area contributed by atoms with Crippen LogP contribution in [0.4, 0.5) is 0 Å². The first-order chi connectivity index (χ1) is 11.6. The minimum atomic E-state index is 0.0871. The molecule has 2 atom stereocenters. The average molecular weight is 329 g/mol. The van der Waals surface area contributed by atoms with Crippen molar-refractivity contribution in [3.63, 3.8) is 0 Å². The minimum Gasteiger partial charge on any atom is -0.493 e. The number of amides is 1. The van der Waals surface area contributed by atoms with Gasteiger partial charge < -0.3 is 14.4 Å². The van der Waals surface area contributed by atoms with Crippen LogP contribution in [0, 0.1) is 5.92 Å². The van der Waals surface area contributed by atoms with E-state index in [1.807, 2.05) is 4.90 Å². The summed E-state index contributed by atoms with van der Waals surface area (Å²) >= 11 is 0. The summed E-state index contributed by atoms with van der Waals surface area (Å²) in [6.07, 6.45) is 5.04. The van der Waals surface area contributed by atoms with E-state index in [9.17, 15) is 9.59 Å². The molecule has 1 aromatic carbocycles. The number of hydrogen-bond donors (Lipinski definition) is 0. The van der Waals surface area contributed by atoms with Crippen molar-refractivity contribution in [2.45, 2.75) is 58.4 Å². The molecule has 1 aromatic rings. The van der Waals surface area contributed by atoms with Crippen LogP contribution in [0.5, 0.6) is 5.75 Å². The van der Waals surface area contributed by atoms with Gasteiger partial charge in [-0.25, -0.2) is 0 Å². The Balaban J connectivity index is 1.68. The molecule has 4 heteroatoms. The van der Waals surface area contributed by atoms with Crippen LogP contribution in [0.2, 0.25) is 0 Å². The standard InChI is InChI=1S/C20H27NO3/c1-3-18(17-8-7-15-10-12-24-19(15)13-17)21-11-9-16(20(21)23)6-4-5-14(2)22/h7-8,13,16,18H,3-6,9-12H2,1-2H3. The lowest BCUT2D eigenvalue weighted by Crippen LogP contribution is -2.31. The quantitative estimate of drug-likeness (QED) is 0.766. The largest absolute Gasteiger partial charge is 0.493 e. The molecule has 0 saturated carbocycles. The van der Waals surface area contributed by atoms with Gasteiger partial charge in [0.2, 0.25) is 5.91 Å². The highest BCUT2D eigenvalue weighted by atomic mass is 16.5. The topological polar surface area (TPSA) is 46.6 Å². The second-order valence-electron chi connectivity index (χ2n) is 7.00. The summed E-state index contributed by atoms with van der Waals surface area (Å²) in [4.78, 5) is 25.9. The molecule has 4 nitrogen and oxygen atoms in total. The number of Topliss-reactive ketones (excluding diaryl/α,β-unsaturated/α-hetero) is 1. The molecule has 2 unspecified atom stereocenters. The van der Waals surface area contributed by atoms with Crippen molar-refractivity contribution >= 4 is 11.7 Å². The number of likely N-dealkylation sites (tertiary alicyclic amines) is 1. The van der Waals surface area contributed by atoms with Crippen molar-refractivity contribution in [2.24, 2.45) is 5.92 Å². The molecule has 0 N–H and O–H groups in total. The zero-order valence-corrected chi connectivity index (χ0v) is 14.7. The van der Waals surface area contributed by atoms with Crippen LogP contribution < -0.4 is 4.74 Å². The van der Waals surface area contributed by atoms with Gasteiger partial charge in [-0.15, -0.1) is 0 Å². The molecule has 0 aliphatic carbocycles. The lowest BCUT2D eigenvalue weighted by Gasteiger charge is -2.28. The fourth-order valence-corrected chi connectivity index (χ4v) is 3.96. The second-order valence-corrected chi connectivity index (χ2v) is 7.00. The number of ether oxygens (including phenoxy) is 1. The molecular weight excluding hydrogens is 302 g/mol. The van der Waals surface area contributed by atoms with Gasteiger partial charge in [0.15, 0.2) is 0 Å². The Bertz CT molecular complexity index is 625. The second kappa shape index (κ2) is 7.37. The third-order valence-corrected chi connectivity index (χ3v) is 5.30.